The van der Waals surface area contributed by atoms with Gasteiger partial charge >= 0.3 is 0 Å². The predicted molar refractivity (Wildman–Crippen MR) is 122 cm³/mol. The summed E-state index contributed by atoms with van der Waals surface area (Å²) in [5, 5.41) is 11.2. The molecule has 2 atom stereocenters. The molecule has 1 aromatic carbocycles. The number of benzene rings is 1. The molecule has 1 N–H and O–H groups in total. The maximum atomic E-state index is 12.6. The highest BCUT2D eigenvalue weighted by Gasteiger charge is 2.44. The van der Waals surface area contributed by atoms with Crippen molar-refractivity contribution in [2.75, 3.05) is 38.2 Å². The van der Waals surface area contributed by atoms with Crippen molar-refractivity contribution in [2.24, 2.45) is 5.92 Å². The number of amides is 1. The molecule has 2 aromatic rings. The third-order valence-corrected chi connectivity index (χ3v) is 7.03. The zero-order valence-electron chi connectivity index (χ0n) is 18.5. The average Bonchev–Trinajstić information content (AvgIpc) is 3.20. The first-order valence-corrected chi connectivity index (χ1v) is 11.4. The Morgan fingerprint density at radius 1 is 1.12 bits per heavy atom. The monoisotopic (exact) mass is 431 g/mol. The van der Waals surface area contributed by atoms with Crippen LogP contribution in [-0.4, -0.2) is 65.9 Å². The van der Waals surface area contributed by atoms with Gasteiger partial charge in [-0.15, -0.1) is 0 Å². The Kier molecular flexibility index (Phi) is 5.73. The van der Waals surface area contributed by atoms with Gasteiger partial charge in [0.1, 0.15) is 17.5 Å². The quantitative estimate of drug-likeness (QED) is 0.752. The molecule has 4 aliphatic heterocycles. The Bertz CT molecular complexity index is 1050. The van der Waals surface area contributed by atoms with Crippen molar-refractivity contribution >= 4 is 11.7 Å². The van der Waals surface area contributed by atoms with Gasteiger partial charge in [-0.05, 0) is 43.6 Å². The zero-order valence-corrected chi connectivity index (χ0v) is 18.5. The lowest BCUT2D eigenvalue weighted by Crippen LogP contribution is -2.58. The number of aromatic nitrogens is 1. The van der Waals surface area contributed by atoms with E-state index in [-0.39, 0.29) is 11.8 Å². The Morgan fingerprint density at radius 2 is 1.91 bits per heavy atom. The minimum absolute atomic E-state index is 0.0499. The Labute approximate surface area is 189 Å². The highest BCUT2D eigenvalue weighted by molar-refractivity contribution is 5.98. The molecular weight excluding hydrogens is 402 g/mol. The normalized spacial score (nSPS) is 29.1. The van der Waals surface area contributed by atoms with Crippen LogP contribution in [0.2, 0.25) is 0 Å². The fourth-order valence-corrected chi connectivity index (χ4v) is 5.13. The average molecular weight is 432 g/mol. The molecule has 0 spiro atoms. The predicted octanol–water partition coefficient (Wildman–Crippen LogP) is 2.23. The number of hydrogen-bond donors (Lipinski definition) is 1. The smallest absolute Gasteiger partial charge is 0.257 e. The van der Waals surface area contributed by atoms with Crippen molar-refractivity contribution < 1.29 is 14.6 Å². The van der Waals surface area contributed by atoms with Crippen LogP contribution in [0.4, 0.5) is 5.82 Å². The van der Waals surface area contributed by atoms with E-state index in [0.717, 1.165) is 42.8 Å². The van der Waals surface area contributed by atoms with E-state index in [4.69, 9.17) is 9.72 Å². The van der Waals surface area contributed by atoms with Crippen LogP contribution in [-0.2, 0) is 16.0 Å². The Hall–Kier alpha value is -2.72. The van der Waals surface area contributed by atoms with Gasteiger partial charge in [0, 0.05) is 44.5 Å². The lowest BCUT2D eigenvalue weighted by molar-refractivity contribution is -0.125. The summed E-state index contributed by atoms with van der Waals surface area (Å²) in [6, 6.07) is 13.9. The highest BCUT2D eigenvalue weighted by Crippen LogP contribution is 2.35. The molecule has 6 rings (SSSR count). The number of anilines is 1. The number of piperidine rings is 3. The van der Waals surface area contributed by atoms with E-state index >= 15 is 0 Å². The number of rotatable bonds is 4. The molecule has 1 aromatic heterocycles. The van der Waals surface area contributed by atoms with Crippen LogP contribution in [0, 0.1) is 17.8 Å². The maximum absolute atomic E-state index is 12.6. The summed E-state index contributed by atoms with van der Waals surface area (Å²) >= 11 is 0. The van der Waals surface area contributed by atoms with Gasteiger partial charge in [0.25, 0.3) is 5.91 Å². The Morgan fingerprint density at radius 3 is 2.56 bits per heavy atom. The number of carbonyl (C=O) groups is 1. The zero-order chi connectivity index (χ0) is 22.1. The summed E-state index contributed by atoms with van der Waals surface area (Å²) in [4.78, 5) is 21.5. The largest absolute Gasteiger partial charge is 0.376 e. The van der Waals surface area contributed by atoms with Crippen molar-refractivity contribution in [1.29, 1.82) is 0 Å². The number of pyridine rings is 1. The van der Waals surface area contributed by atoms with Crippen molar-refractivity contribution in [3.63, 3.8) is 0 Å². The number of nitrogens with zero attached hydrogens (tertiary/aromatic N) is 3. The maximum Gasteiger partial charge on any atom is 0.257 e. The molecule has 4 saturated heterocycles. The van der Waals surface area contributed by atoms with E-state index in [9.17, 15) is 9.90 Å². The number of ether oxygens (including phenoxy) is 1. The number of hydrogen-bond acceptors (Lipinski definition) is 5. The van der Waals surface area contributed by atoms with Gasteiger partial charge in [0.15, 0.2) is 0 Å². The van der Waals surface area contributed by atoms with Gasteiger partial charge in [-0.3, -0.25) is 14.6 Å². The van der Waals surface area contributed by atoms with E-state index in [0.29, 0.717) is 31.7 Å². The molecule has 0 radical (unpaired) electrons. The molecule has 32 heavy (non-hydrogen) atoms. The van der Waals surface area contributed by atoms with Gasteiger partial charge < -0.3 is 9.84 Å². The third-order valence-electron chi connectivity index (χ3n) is 7.03. The number of fused-ring (bicyclic) bond motifs is 3. The van der Waals surface area contributed by atoms with Crippen molar-refractivity contribution in [3.8, 4) is 11.8 Å². The minimum Gasteiger partial charge on any atom is -0.376 e. The molecule has 4 aliphatic rings. The van der Waals surface area contributed by atoms with Crippen LogP contribution in [0.15, 0.2) is 42.5 Å². The molecule has 0 unspecified atom stereocenters. The molecule has 1 amide bonds. The minimum atomic E-state index is -0.963. The molecule has 2 bridgehead atoms. The van der Waals surface area contributed by atoms with Crippen molar-refractivity contribution in [3.05, 3.63) is 59.3 Å². The van der Waals surface area contributed by atoms with Crippen LogP contribution in [0.1, 0.15) is 36.1 Å². The van der Waals surface area contributed by atoms with Gasteiger partial charge in [0.05, 0.1) is 5.69 Å². The summed E-state index contributed by atoms with van der Waals surface area (Å²) in [7, 11) is 1.57. The van der Waals surface area contributed by atoms with Gasteiger partial charge in [-0.1, -0.05) is 42.2 Å². The standard InChI is InChI=1S/C26H29N3O3/c1-32-23-12-16-29(25(23)30)24-8-7-20(22(27-24)17-19-5-3-2-4-6-19)9-13-26(31)18-28-14-10-21(26)11-15-28/h2-8,21,23,31H,10-12,14-18H2,1H3/t23-,26+/m0/s1. The molecule has 6 heteroatoms. The van der Waals surface area contributed by atoms with Crippen LogP contribution in [0.3, 0.4) is 0 Å². The van der Waals surface area contributed by atoms with E-state index in [2.05, 4.69) is 28.9 Å². The summed E-state index contributed by atoms with van der Waals surface area (Å²) in [5.41, 5.74) is 1.79. The molecule has 0 aliphatic carbocycles. The summed E-state index contributed by atoms with van der Waals surface area (Å²) < 4.78 is 5.29. The van der Waals surface area contributed by atoms with Crippen molar-refractivity contribution in [2.45, 2.75) is 37.4 Å². The Balaban J connectivity index is 1.48. The lowest BCUT2D eigenvalue weighted by Gasteiger charge is -2.47. The van der Waals surface area contributed by atoms with Crippen molar-refractivity contribution in [1.82, 2.24) is 9.88 Å². The second kappa shape index (κ2) is 8.67. The van der Waals surface area contributed by atoms with Gasteiger partial charge in [0.2, 0.25) is 0 Å². The summed E-state index contributed by atoms with van der Waals surface area (Å²) in [6.07, 6.45) is 2.87. The van der Waals surface area contributed by atoms with E-state index < -0.39 is 11.7 Å². The van der Waals surface area contributed by atoms with E-state index in [1.165, 1.54) is 0 Å². The highest BCUT2D eigenvalue weighted by atomic mass is 16.5. The first kappa shape index (κ1) is 21.1. The van der Waals surface area contributed by atoms with Gasteiger partial charge in [-0.25, -0.2) is 4.98 Å². The first-order valence-electron chi connectivity index (χ1n) is 11.4. The molecule has 166 valence electrons. The van der Waals surface area contributed by atoms with Crippen LogP contribution in [0.25, 0.3) is 0 Å². The van der Waals surface area contributed by atoms with Crippen LogP contribution in [0.5, 0.6) is 0 Å². The molecule has 0 saturated carbocycles. The topological polar surface area (TPSA) is 65.9 Å². The number of methoxy groups -OCH3 is 1. The number of aliphatic hydroxyl groups is 1. The fraction of sp³-hybridized carbons (Fsp3) is 0.462. The van der Waals surface area contributed by atoms with Gasteiger partial charge in [-0.2, -0.15) is 0 Å². The van der Waals surface area contributed by atoms with E-state index in [1.54, 1.807) is 12.0 Å². The molecule has 4 fully saturated rings. The van der Waals surface area contributed by atoms with E-state index in [1.807, 2.05) is 30.3 Å². The molecular formula is C26H29N3O3. The molecule has 6 nitrogen and oxygen atoms in total. The summed E-state index contributed by atoms with van der Waals surface area (Å²) in [5.74, 6) is 7.29. The summed E-state index contributed by atoms with van der Waals surface area (Å²) in [6.45, 7) is 3.31. The third kappa shape index (κ3) is 4.04. The SMILES string of the molecule is CO[C@H]1CCN(c2ccc(C#C[C@@]3(O)CN4CCC3CC4)c(Cc3ccccc3)n2)C1=O. The molecule has 5 heterocycles. The lowest BCUT2D eigenvalue weighted by atomic mass is 9.75. The van der Waals surface area contributed by atoms with Crippen LogP contribution < -0.4 is 4.90 Å². The van der Waals surface area contributed by atoms with Crippen LogP contribution >= 0.6 is 0 Å². The first-order chi connectivity index (χ1) is 15.6. The second-order valence-electron chi connectivity index (χ2n) is 9.05. The second-order valence-corrected chi connectivity index (χ2v) is 9.05. The number of carbonyl (C=O) groups excluding carboxylic acids is 1. The fourth-order valence-electron chi connectivity index (χ4n) is 5.13.